The highest BCUT2D eigenvalue weighted by Gasteiger charge is 2.55. The summed E-state index contributed by atoms with van der Waals surface area (Å²) in [5.74, 6) is 1.36. The Labute approximate surface area is 190 Å². The van der Waals surface area contributed by atoms with Crippen molar-refractivity contribution in [1.82, 2.24) is 4.31 Å². The number of carbonyl (C=O) groups excluding carboxylic acids is 2. The van der Waals surface area contributed by atoms with Gasteiger partial charge in [0.25, 0.3) is 0 Å². The highest BCUT2D eigenvalue weighted by molar-refractivity contribution is 7.89. The van der Waals surface area contributed by atoms with Crippen LogP contribution in [0.1, 0.15) is 74.2 Å². The predicted octanol–water partition coefficient (Wildman–Crippen LogP) is 4.11. The first-order valence-electron chi connectivity index (χ1n) is 12.0. The van der Waals surface area contributed by atoms with Gasteiger partial charge in [0.1, 0.15) is 0 Å². The molecule has 1 saturated heterocycles. The van der Waals surface area contributed by atoms with E-state index in [2.05, 4.69) is 0 Å². The molecule has 4 bridgehead atoms. The van der Waals surface area contributed by atoms with E-state index in [0.717, 1.165) is 32.1 Å². The predicted molar refractivity (Wildman–Crippen MR) is 120 cm³/mol. The summed E-state index contributed by atoms with van der Waals surface area (Å²) in [6.45, 7) is 4.45. The fraction of sp³-hybridized carbons (Fsp3) is 0.680. The Morgan fingerprint density at radius 2 is 1.59 bits per heavy atom. The highest BCUT2D eigenvalue weighted by Crippen LogP contribution is 2.60. The van der Waals surface area contributed by atoms with Crippen LogP contribution in [-0.4, -0.2) is 43.7 Å². The van der Waals surface area contributed by atoms with Crippen LogP contribution < -0.4 is 0 Å². The number of ketones is 1. The molecule has 32 heavy (non-hydrogen) atoms. The number of Topliss-reactive ketones (excluding diaryl/α,β-unsaturated/α-hetero) is 1. The monoisotopic (exact) mass is 459 g/mol. The summed E-state index contributed by atoms with van der Waals surface area (Å²) < 4.78 is 33.0. The smallest absolute Gasteiger partial charge is 0.339 e. The van der Waals surface area contributed by atoms with E-state index in [4.69, 9.17) is 4.74 Å². The largest absolute Gasteiger partial charge is 0.451 e. The minimum atomic E-state index is -3.63. The maximum atomic E-state index is 13.5. The molecular formula is C25H33NO5S. The molecule has 1 heterocycles. The Hall–Kier alpha value is -1.73. The van der Waals surface area contributed by atoms with E-state index in [1.54, 1.807) is 26.0 Å². The third-order valence-electron chi connectivity index (χ3n) is 8.35. The topological polar surface area (TPSA) is 80.8 Å². The lowest BCUT2D eigenvalue weighted by Crippen LogP contribution is -2.52. The molecule has 4 aliphatic carbocycles. The van der Waals surface area contributed by atoms with Crippen molar-refractivity contribution in [1.29, 1.82) is 0 Å². The van der Waals surface area contributed by atoms with Gasteiger partial charge in [-0.15, -0.1) is 0 Å². The van der Waals surface area contributed by atoms with E-state index < -0.39 is 22.1 Å². The Bertz CT molecular complexity index is 1010. The lowest BCUT2D eigenvalue weighted by Gasteiger charge is -2.56. The molecule has 1 aromatic rings. The molecule has 0 aromatic heterocycles. The van der Waals surface area contributed by atoms with Crippen molar-refractivity contribution < 1.29 is 22.7 Å². The molecule has 5 fully saturated rings. The lowest BCUT2D eigenvalue weighted by atomic mass is 9.48. The molecule has 0 radical (unpaired) electrons. The van der Waals surface area contributed by atoms with Crippen LogP contribution in [0.15, 0.2) is 23.1 Å². The Morgan fingerprint density at radius 3 is 2.16 bits per heavy atom. The van der Waals surface area contributed by atoms with Gasteiger partial charge in [0.2, 0.25) is 10.0 Å². The average Bonchev–Trinajstić information content (AvgIpc) is 3.28. The Morgan fingerprint density at radius 1 is 1.03 bits per heavy atom. The van der Waals surface area contributed by atoms with Crippen molar-refractivity contribution in [3.05, 3.63) is 29.3 Å². The number of esters is 1. The normalized spacial score (nSPS) is 32.8. The average molecular weight is 460 g/mol. The van der Waals surface area contributed by atoms with E-state index in [1.165, 1.54) is 29.6 Å². The molecule has 1 aromatic carbocycles. The molecule has 7 heteroatoms. The van der Waals surface area contributed by atoms with Crippen LogP contribution in [0, 0.1) is 30.1 Å². The number of ether oxygens (including phenoxy) is 1. The second-order valence-corrected chi connectivity index (χ2v) is 12.6. The van der Waals surface area contributed by atoms with Crippen molar-refractivity contribution in [2.24, 2.45) is 23.2 Å². The Kier molecular flexibility index (Phi) is 5.48. The summed E-state index contributed by atoms with van der Waals surface area (Å²) >= 11 is 0. The van der Waals surface area contributed by atoms with Crippen molar-refractivity contribution in [2.75, 3.05) is 13.1 Å². The van der Waals surface area contributed by atoms with E-state index in [1.807, 2.05) is 0 Å². The highest BCUT2D eigenvalue weighted by atomic mass is 32.2. The number of nitrogens with zero attached hydrogens (tertiary/aromatic N) is 1. The molecule has 6 rings (SSSR count). The molecular weight excluding hydrogens is 426 g/mol. The molecule has 5 aliphatic rings. The van der Waals surface area contributed by atoms with Crippen LogP contribution in [0.5, 0.6) is 0 Å². The van der Waals surface area contributed by atoms with Gasteiger partial charge in [-0.05, 0) is 101 Å². The number of sulfonamides is 1. The number of rotatable bonds is 6. The summed E-state index contributed by atoms with van der Waals surface area (Å²) in [6, 6.07) is 4.60. The van der Waals surface area contributed by atoms with Gasteiger partial charge in [-0.2, -0.15) is 4.31 Å². The zero-order valence-electron chi connectivity index (χ0n) is 19.0. The standard InChI is InChI=1S/C25H33NO5S/c1-16-5-6-21(32(29,30)26-7-3-4-8-26)12-22(16)24(28)31-17(2)23(27)25-13-18-9-19(14-25)11-20(10-18)15-25/h5-6,12,17-20H,3-4,7-11,13-15H2,1-2H3. The zero-order chi connectivity index (χ0) is 22.7. The summed E-state index contributed by atoms with van der Waals surface area (Å²) in [5, 5.41) is 0. The van der Waals surface area contributed by atoms with E-state index >= 15 is 0 Å². The third kappa shape index (κ3) is 3.71. The summed E-state index contributed by atoms with van der Waals surface area (Å²) in [7, 11) is -3.63. The first-order chi connectivity index (χ1) is 15.2. The number of benzene rings is 1. The summed E-state index contributed by atoms with van der Waals surface area (Å²) in [4.78, 5) is 26.6. The zero-order valence-corrected chi connectivity index (χ0v) is 19.8. The minimum Gasteiger partial charge on any atom is -0.451 e. The number of hydrogen-bond acceptors (Lipinski definition) is 5. The van der Waals surface area contributed by atoms with Crippen molar-refractivity contribution >= 4 is 21.8 Å². The fourth-order valence-corrected chi connectivity index (χ4v) is 8.72. The van der Waals surface area contributed by atoms with Gasteiger partial charge in [0.05, 0.1) is 10.5 Å². The molecule has 1 unspecified atom stereocenters. The maximum Gasteiger partial charge on any atom is 0.339 e. The Balaban J connectivity index is 1.33. The lowest BCUT2D eigenvalue weighted by molar-refractivity contribution is -0.152. The van der Waals surface area contributed by atoms with E-state index in [0.29, 0.717) is 36.4 Å². The van der Waals surface area contributed by atoms with E-state index in [9.17, 15) is 18.0 Å². The molecule has 0 N–H and O–H groups in total. The van der Waals surface area contributed by atoms with Crippen LogP contribution in [-0.2, 0) is 19.6 Å². The summed E-state index contributed by atoms with van der Waals surface area (Å²) in [5.41, 5.74) is 0.532. The van der Waals surface area contributed by atoms with Crippen LogP contribution in [0.2, 0.25) is 0 Å². The van der Waals surface area contributed by atoms with Crippen molar-refractivity contribution in [3.63, 3.8) is 0 Å². The quantitative estimate of drug-likeness (QED) is 0.598. The molecule has 1 aliphatic heterocycles. The number of aryl methyl sites for hydroxylation is 1. The van der Waals surface area contributed by atoms with Gasteiger partial charge in [0, 0.05) is 18.5 Å². The molecule has 174 valence electrons. The molecule has 0 spiro atoms. The van der Waals surface area contributed by atoms with Gasteiger partial charge in [-0.25, -0.2) is 13.2 Å². The van der Waals surface area contributed by atoms with Gasteiger partial charge < -0.3 is 4.74 Å². The number of carbonyl (C=O) groups is 2. The van der Waals surface area contributed by atoms with Crippen molar-refractivity contribution in [3.8, 4) is 0 Å². The van der Waals surface area contributed by atoms with Gasteiger partial charge in [-0.1, -0.05) is 6.07 Å². The fourth-order valence-electron chi connectivity index (χ4n) is 7.18. The van der Waals surface area contributed by atoms with E-state index in [-0.39, 0.29) is 21.7 Å². The van der Waals surface area contributed by atoms with Crippen LogP contribution in [0.25, 0.3) is 0 Å². The van der Waals surface area contributed by atoms with Crippen molar-refractivity contribution in [2.45, 2.75) is 76.2 Å². The first kappa shape index (κ1) is 22.1. The summed E-state index contributed by atoms with van der Waals surface area (Å²) in [6.07, 6.45) is 7.42. The molecule has 6 nitrogen and oxygen atoms in total. The minimum absolute atomic E-state index is 0.0587. The van der Waals surface area contributed by atoms with Crippen LogP contribution in [0.4, 0.5) is 0 Å². The first-order valence-corrected chi connectivity index (χ1v) is 13.5. The molecule has 4 saturated carbocycles. The SMILES string of the molecule is Cc1ccc(S(=O)(=O)N2CCCC2)cc1C(=O)OC(C)C(=O)C12CC3CC(CC(C3)C1)C2. The third-order valence-corrected chi connectivity index (χ3v) is 10.2. The molecule has 0 amide bonds. The van der Waals surface area contributed by atoms with Gasteiger partial charge in [0.15, 0.2) is 11.9 Å². The van der Waals surface area contributed by atoms with Gasteiger partial charge in [-0.3, -0.25) is 4.79 Å². The van der Waals surface area contributed by atoms with Crippen LogP contribution in [0.3, 0.4) is 0 Å². The maximum absolute atomic E-state index is 13.5. The second kappa shape index (κ2) is 7.94. The second-order valence-electron chi connectivity index (χ2n) is 10.7. The van der Waals surface area contributed by atoms with Gasteiger partial charge >= 0.3 is 5.97 Å². The molecule has 1 atom stereocenters. The van der Waals surface area contributed by atoms with Crippen LogP contribution >= 0.6 is 0 Å². The number of hydrogen-bond donors (Lipinski definition) is 0.